The number of fused-ring (bicyclic) bond motifs is 1. The number of hydrogen-bond donors (Lipinski definition) is 4. The topological polar surface area (TPSA) is 104 Å². The van der Waals surface area contributed by atoms with E-state index < -0.39 is 16.7 Å². The molecular weight excluding hydrogens is 488 g/mol. The number of carboxylic acids is 1. The first kappa shape index (κ1) is 25.3. The van der Waals surface area contributed by atoms with Crippen molar-refractivity contribution >= 4 is 39.7 Å². The molecule has 0 spiro atoms. The van der Waals surface area contributed by atoms with Crippen LogP contribution in [0.15, 0.2) is 65.6 Å². The normalized spacial score (nSPS) is 18.7. The highest BCUT2D eigenvalue weighted by Crippen LogP contribution is 2.60. The van der Waals surface area contributed by atoms with E-state index in [1.54, 1.807) is 29.6 Å². The molecule has 186 valence electrons. The number of phenols is 1. The molecule has 0 fully saturated rings. The second-order valence-electron chi connectivity index (χ2n) is 9.13. The Labute approximate surface area is 211 Å². The summed E-state index contributed by atoms with van der Waals surface area (Å²) >= 11 is 6.72. The minimum absolute atomic E-state index is 0.151. The molecule has 0 radical (unpaired) electrons. The lowest BCUT2D eigenvalue weighted by molar-refractivity contribution is 0.0693. The summed E-state index contributed by atoms with van der Waals surface area (Å²) in [5, 5.41) is 19.7. The van der Waals surface area contributed by atoms with E-state index in [1.165, 1.54) is 12.1 Å². The quantitative estimate of drug-likeness (QED) is 0.291. The van der Waals surface area contributed by atoms with E-state index in [2.05, 4.69) is 18.7 Å². The molecule has 1 unspecified atom stereocenters. The zero-order chi connectivity index (χ0) is 25.5. The second-order valence-corrected chi connectivity index (χ2v) is 11.6. The van der Waals surface area contributed by atoms with E-state index in [1.807, 2.05) is 30.3 Å². The number of nitrogens with zero attached hydrogens (tertiary/aromatic N) is 2. The monoisotopic (exact) mass is 516 g/mol. The standard InChI is InChI=1S/C26H29ClN2O5S/c1-16(2)11-19-15-29(18-7-5-4-6-8-18)23-14-22(27)20(13-25(23)35(33,34)28(19)3)17-9-10-24(30)21(12-17)26(31)32/h4-10,12-14,16,19,30,33-34H,11,15H2,1-3H3,(H,31,32). The molecule has 1 aliphatic heterocycles. The van der Waals surface area contributed by atoms with Crippen molar-refractivity contribution in [3.63, 3.8) is 0 Å². The SMILES string of the molecule is CC(C)CC1CN(c2ccccc2)c2cc(Cl)c(-c3ccc(O)c(C(=O)O)c3)cc2S(O)(O)N1C. The third-order valence-corrected chi connectivity index (χ3v) is 8.62. The number of para-hydroxylation sites is 1. The molecule has 35 heavy (non-hydrogen) atoms. The zero-order valence-corrected chi connectivity index (χ0v) is 21.3. The maximum atomic E-state index is 11.6. The molecule has 0 aliphatic carbocycles. The summed E-state index contributed by atoms with van der Waals surface area (Å²) in [6.45, 7) is 4.73. The molecule has 0 bridgehead atoms. The summed E-state index contributed by atoms with van der Waals surface area (Å²) < 4.78 is 24.7. The smallest absolute Gasteiger partial charge is 0.339 e. The van der Waals surface area contributed by atoms with Gasteiger partial charge in [-0.05, 0) is 54.3 Å². The first-order valence-corrected chi connectivity index (χ1v) is 13.1. The molecule has 0 aromatic heterocycles. The largest absolute Gasteiger partial charge is 0.507 e. The minimum Gasteiger partial charge on any atom is -0.507 e. The van der Waals surface area contributed by atoms with Crippen molar-refractivity contribution in [1.82, 2.24) is 4.31 Å². The number of carboxylic acid groups (broad SMARTS) is 1. The lowest BCUT2D eigenvalue weighted by Crippen LogP contribution is -2.40. The first-order chi connectivity index (χ1) is 16.5. The number of rotatable bonds is 5. The van der Waals surface area contributed by atoms with Crippen molar-refractivity contribution in [3.05, 3.63) is 71.2 Å². The highest BCUT2D eigenvalue weighted by Gasteiger charge is 2.38. The van der Waals surface area contributed by atoms with E-state index in [9.17, 15) is 24.1 Å². The fourth-order valence-electron chi connectivity index (χ4n) is 4.48. The van der Waals surface area contributed by atoms with E-state index in [4.69, 9.17) is 11.6 Å². The van der Waals surface area contributed by atoms with Gasteiger partial charge in [0.15, 0.2) is 0 Å². The van der Waals surface area contributed by atoms with Gasteiger partial charge in [0, 0.05) is 30.9 Å². The molecule has 0 saturated heterocycles. The summed E-state index contributed by atoms with van der Waals surface area (Å²) in [5.41, 5.74) is 2.10. The molecular formula is C26H29ClN2O5S. The Balaban J connectivity index is 1.95. The zero-order valence-electron chi connectivity index (χ0n) is 19.7. The molecule has 0 amide bonds. The van der Waals surface area contributed by atoms with Crippen LogP contribution in [0.25, 0.3) is 11.1 Å². The Morgan fingerprint density at radius 3 is 2.43 bits per heavy atom. The highest BCUT2D eigenvalue weighted by molar-refractivity contribution is 8.22. The van der Waals surface area contributed by atoms with Crippen LogP contribution >= 0.6 is 22.4 Å². The molecule has 4 N–H and O–H groups in total. The number of carbonyl (C=O) groups is 1. The lowest BCUT2D eigenvalue weighted by atomic mass is 10.0. The summed E-state index contributed by atoms with van der Waals surface area (Å²) in [5.74, 6) is -1.30. The van der Waals surface area contributed by atoms with Gasteiger partial charge < -0.3 is 15.1 Å². The van der Waals surface area contributed by atoms with Gasteiger partial charge in [0.2, 0.25) is 0 Å². The maximum absolute atomic E-state index is 11.6. The molecule has 1 atom stereocenters. The van der Waals surface area contributed by atoms with Crippen LogP contribution in [-0.4, -0.2) is 49.2 Å². The van der Waals surface area contributed by atoms with Crippen LogP contribution in [0.4, 0.5) is 11.4 Å². The van der Waals surface area contributed by atoms with Crippen LogP contribution in [-0.2, 0) is 0 Å². The van der Waals surface area contributed by atoms with Crippen LogP contribution in [0.2, 0.25) is 5.02 Å². The van der Waals surface area contributed by atoms with Crippen molar-refractivity contribution in [1.29, 1.82) is 0 Å². The summed E-state index contributed by atoms with van der Waals surface area (Å²) in [4.78, 5) is 13.9. The third kappa shape index (κ3) is 4.85. The van der Waals surface area contributed by atoms with Gasteiger partial charge in [0.1, 0.15) is 11.3 Å². The first-order valence-electron chi connectivity index (χ1n) is 11.2. The number of anilines is 2. The van der Waals surface area contributed by atoms with Crippen molar-refractivity contribution in [3.8, 4) is 16.9 Å². The molecule has 7 nitrogen and oxygen atoms in total. The van der Waals surface area contributed by atoms with Gasteiger partial charge in [0.05, 0.1) is 15.6 Å². The van der Waals surface area contributed by atoms with Gasteiger partial charge >= 0.3 is 5.97 Å². The minimum atomic E-state index is -3.41. The van der Waals surface area contributed by atoms with E-state index in [0.29, 0.717) is 39.2 Å². The summed E-state index contributed by atoms with van der Waals surface area (Å²) in [6.07, 6.45) is 0.754. The number of benzene rings is 3. The molecule has 0 saturated carbocycles. The van der Waals surface area contributed by atoms with Gasteiger partial charge in [-0.1, -0.05) is 49.7 Å². The molecule has 1 aliphatic rings. The fourth-order valence-corrected chi connectivity index (χ4v) is 6.35. The number of aromatic hydroxyl groups is 1. The van der Waals surface area contributed by atoms with Crippen LogP contribution in [0, 0.1) is 5.92 Å². The molecule has 4 rings (SSSR count). The van der Waals surface area contributed by atoms with Gasteiger partial charge in [-0.2, -0.15) is 0 Å². The van der Waals surface area contributed by atoms with Crippen molar-refractivity contribution in [2.45, 2.75) is 31.2 Å². The molecule has 3 aromatic carbocycles. The summed E-state index contributed by atoms with van der Waals surface area (Å²) in [7, 11) is -1.69. The number of aromatic carboxylic acids is 1. The van der Waals surface area contributed by atoms with Gasteiger partial charge in [0.25, 0.3) is 0 Å². The van der Waals surface area contributed by atoms with Crippen molar-refractivity contribution < 1.29 is 24.1 Å². The Morgan fingerprint density at radius 1 is 1.11 bits per heavy atom. The predicted octanol–water partition coefficient (Wildman–Crippen LogP) is 6.93. The average molecular weight is 517 g/mol. The average Bonchev–Trinajstić information content (AvgIpc) is 2.88. The van der Waals surface area contributed by atoms with Gasteiger partial charge in [-0.3, -0.25) is 9.11 Å². The summed E-state index contributed by atoms with van der Waals surface area (Å²) in [6, 6.07) is 17.1. The maximum Gasteiger partial charge on any atom is 0.339 e. The Morgan fingerprint density at radius 2 is 1.80 bits per heavy atom. The lowest BCUT2D eigenvalue weighted by Gasteiger charge is -2.43. The predicted molar refractivity (Wildman–Crippen MR) is 141 cm³/mol. The van der Waals surface area contributed by atoms with Crippen molar-refractivity contribution in [2.24, 2.45) is 5.92 Å². The van der Waals surface area contributed by atoms with E-state index in [0.717, 1.165) is 12.1 Å². The molecule has 1 heterocycles. The number of likely N-dealkylation sites (N-methyl/N-ethyl adjacent to an activating group) is 1. The molecule has 3 aromatic rings. The van der Waals surface area contributed by atoms with Gasteiger partial charge in [-0.15, -0.1) is 10.8 Å². The number of hydrogen-bond acceptors (Lipinski definition) is 6. The highest BCUT2D eigenvalue weighted by atomic mass is 35.5. The van der Waals surface area contributed by atoms with Crippen molar-refractivity contribution in [2.75, 3.05) is 18.5 Å². The van der Waals surface area contributed by atoms with E-state index >= 15 is 0 Å². The third-order valence-electron chi connectivity index (χ3n) is 6.29. The Bertz CT molecular complexity index is 1250. The number of halogens is 1. The van der Waals surface area contributed by atoms with Gasteiger partial charge in [-0.25, -0.2) is 9.10 Å². The van der Waals surface area contributed by atoms with Crippen LogP contribution in [0.1, 0.15) is 30.6 Å². The molecule has 9 heteroatoms. The van der Waals surface area contributed by atoms with E-state index in [-0.39, 0.29) is 17.4 Å². The van der Waals surface area contributed by atoms with Crippen LogP contribution in [0.5, 0.6) is 5.75 Å². The van der Waals surface area contributed by atoms with Crippen LogP contribution in [0.3, 0.4) is 0 Å². The van der Waals surface area contributed by atoms with Crippen LogP contribution < -0.4 is 4.90 Å². The second kappa shape index (κ2) is 9.72. The Kier molecular flexibility index (Phi) is 7.04. The Hall–Kier alpha value is -2.75. The fraction of sp³-hybridized carbons (Fsp3) is 0.269.